The molecule has 1 aromatic rings. The lowest BCUT2D eigenvalue weighted by Crippen LogP contribution is -2.26. The molecule has 0 atom stereocenters. The van der Waals surface area contributed by atoms with Crippen LogP contribution in [0.15, 0.2) is 30.0 Å². The van der Waals surface area contributed by atoms with Gasteiger partial charge in [-0.3, -0.25) is 4.79 Å². The van der Waals surface area contributed by atoms with Gasteiger partial charge in [-0.2, -0.15) is 5.26 Å². The first-order chi connectivity index (χ1) is 12.7. The predicted molar refractivity (Wildman–Crippen MR) is 106 cm³/mol. The van der Waals surface area contributed by atoms with E-state index in [1.54, 1.807) is 0 Å². The van der Waals surface area contributed by atoms with Crippen LogP contribution >= 0.6 is 0 Å². The number of nitriles is 1. The standard InChI is InChI=1S/C21H31N3O2/c1-4-7-13-26-14-9-12-23-21(25)19(15-22)16-24-20-17(5-2)10-8-11-18(20)6-3/h8,10-11,16,24H,4-7,9,12-14H2,1-3H3,(H,23,25)/b19-16-. The van der Waals surface area contributed by atoms with Gasteiger partial charge in [-0.15, -0.1) is 0 Å². The number of benzene rings is 1. The number of carbonyl (C=O) groups excluding carboxylic acids is 1. The third-order valence-corrected chi connectivity index (χ3v) is 4.12. The van der Waals surface area contributed by atoms with E-state index in [1.165, 1.54) is 17.3 Å². The van der Waals surface area contributed by atoms with E-state index in [2.05, 4.69) is 43.5 Å². The summed E-state index contributed by atoms with van der Waals surface area (Å²) in [5, 5.41) is 15.2. The maximum Gasteiger partial charge on any atom is 0.263 e. The molecule has 0 unspecified atom stereocenters. The third-order valence-electron chi connectivity index (χ3n) is 4.12. The molecule has 1 aromatic carbocycles. The van der Waals surface area contributed by atoms with Crippen molar-refractivity contribution in [3.8, 4) is 6.07 Å². The van der Waals surface area contributed by atoms with Gasteiger partial charge in [0.2, 0.25) is 0 Å². The van der Waals surface area contributed by atoms with Gasteiger partial charge in [0.25, 0.3) is 5.91 Å². The molecule has 0 heterocycles. The molecule has 0 aliphatic heterocycles. The Bertz CT molecular complexity index is 610. The number of anilines is 1. The van der Waals surface area contributed by atoms with Crippen molar-refractivity contribution in [2.24, 2.45) is 0 Å². The number of para-hydroxylation sites is 1. The van der Waals surface area contributed by atoms with Crippen LogP contribution in [0.5, 0.6) is 0 Å². The highest BCUT2D eigenvalue weighted by Crippen LogP contribution is 2.22. The minimum Gasteiger partial charge on any atom is -0.381 e. The first-order valence-electron chi connectivity index (χ1n) is 9.51. The first kappa shape index (κ1) is 21.7. The summed E-state index contributed by atoms with van der Waals surface area (Å²) in [5.74, 6) is -0.361. The van der Waals surface area contributed by atoms with Crippen LogP contribution in [0.25, 0.3) is 0 Å². The van der Waals surface area contributed by atoms with Crippen LogP contribution in [0.1, 0.15) is 51.2 Å². The molecule has 0 aromatic heterocycles. The quantitative estimate of drug-likeness (QED) is 0.337. The van der Waals surface area contributed by atoms with Gasteiger partial charge in [0.05, 0.1) is 0 Å². The third kappa shape index (κ3) is 7.28. The van der Waals surface area contributed by atoms with Crippen LogP contribution < -0.4 is 10.6 Å². The number of amides is 1. The number of ether oxygens (including phenoxy) is 1. The van der Waals surface area contributed by atoms with Crippen molar-refractivity contribution in [2.75, 3.05) is 25.1 Å². The molecule has 0 radical (unpaired) electrons. The van der Waals surface area contributed by atoms with Crippen LogP contribution in [0.2, 0.25) is 0 Å². The Morgan fingerprint density at radius 2 is 1.81 bits per heavy atom. The van der Waals surface area contributed by atoms with Crippen LogP contribution in [-0.2, 0) is 22.4 Å². The number of nitrogens with zero attached hydrogens (tertiary/aromatic N) is 1. The van der Waals surface area contributed by atoms with Crippen molar-refractivity contribution in [3.05, 3.63) is 41.1 Å². The predicted octanol–water partition coefficient (Wildman–Crippen LogP) is 3.95. The molecular weight excluding hydrogens is 326 g/mol. The lowest BCUT2D eigenvalue weighted by molar-refractivity contribution is -0.117. The molecule has 2 N–H and O–H groups in total. The number of nitrogens with one attached hydrogen (secondary N) is 2. The Hall–Kier alpha value is -2.32. The van der Waals surface area contributed by atoms with Gasteiger partial charge in [0.15, 0.2) is 0 Å². The van der Waals surface area contributed by atoms with E-state index in [1.807, 2.05) is 12.1 Å². The summed E-state index contributed by atoms with van der Waals surface area (Å²) in [6.07, 6.45) is 6.17. The highest BCUT2D eigenvalue weighted by molar-refractivity contribution is 5.97. The molecule has 0 fully saturated rings. The van der Waals surface area contributed by atoms with E-state index in [-0.39, 0.29) is 11.5 Å². The SMILES string of the molecule is CCCCOCCCNC(=O)/C(C#N)=C\Nc1c(CC)cccc1CC. The van der Waals surface area contributed by atoms with Crippen molar-refractivity contribution >= 4 is 11.6 Å². The Balaban J connectivity index is 2.58. The average molecular weight is 357 g/mol. The summed E-state index contributed by atoms with van der Waals surface area (Å²) in [7, 11) is 0. The largest absolute Gasteiger partial charge is 0.381 e. The van der Waals surface area contributed by atoms with E-state index in [4.69, 9.17) is 4.74 Å². The van der Waals surface area contributed by atoms with E-state index in [0.717, 1.165) is 44.4 Å². The highest BCUT2D eigenvalue weighted by atomic mass is 16.5. The lowest BCUT2D eigenvalue weighted by atomic mass is 10.0. The Morgan fingerprint density at radius 3 is 2.38 bits per heavy atom. The molecule has 0 aliphatic carbocycles. The zero-order valence-electron chi connectivity index (χ0n) is 16.2. The monoisotopic (exact) mass is 357 g/mol. The molecule has 0 spiro atoms. The summed E-state index contributed by atoms with van der Waals surface area (Å²) in [6, 6.07) is 8.12. The maximum atomic E-state index is 12.2. The average Bonchev–Trinajstić information content (AvgIpc) is 2.67. The number of carbonyl (C=O) groups is 1. The fraction of sp³-hybridized carbons (Fsp3) is 0.524. The van der Waals surface area contributed by atoms with E-state index in [0.29, 0.717) is 13.2 Å². The summed E-state index contributed by atoms with van der Waals surface area (Å²) in [6.45, 7) is 8.17. The molecule has 0 bridgehead atoms. The number of unbranched alkanes of at least 4 members (excludes halogenated alkanes) is 1. The maximum absolute atomic E-state index is 12.2. The van der Waals surface area contributed by atoms with E-state index < -0.39 is 0 Å². The van der Waals surface area contributed by atoms with E-state index >= 15 is 0 Å². The molecule has 1 rings (SSSR count). The summed E-state index contributed by atoms with van der Waals surface area (Å²) < 4.78 is 5.46. The van der Waals surface area contributed by atoms with Crippen molar-refractivity contribution < 1.29 is 9.53 Å². The lowest BCUT2D eigenvalue weighted by Gasteiger charge is -2.13. The normalized spacial score (nSPS) is 11.1. The van der Waals surface area contributed by atoms with Crippen LogP contribution in [-0.4, -0.2) is 25.7 Å². The van der Waals surface area contributed by atoms with Crippen LogP contribution in [0.3, 0.4) is 0 Å². The van der Waals surface area contributed by atoms with Gasteiger partial charge in [-0.05, 0) is 36.8 Å². The Labute approximate surface area is 157 Å². The summed E-state index contributed by atoms with van der Waals surface area (Å²) >= 11 is 0. The fourth-order valence-corrected chi connectivity index (χ4v) is 2.54. The Morgan fingerprint density at radius 1 is 1.15 bits per heavy atom. The number of aryl methyl sites for hydroxylation is 2. The van der Waals surface area contributed by atoms with Gasteiger partial charge in [-0.25, -0.2) is 0 Å². The number of hydrogen-bond acceptors (Lipinski definition) is 4. The second-order valence-electron chi connectivity index (χ2n) is 6.05. The van der Waals surface area contributed by atoms with Gasteiger partial charge in [0, 0.05) is 31.6 Å². The zero-order valence-corrected chi connectivity index (χ0v) is 16.2. The van der Waals surface area contributed by atoms with Crippen LogP contribution in [0, 0.1) is 11.3 Å². The molecule has 0 aliphatic rings. The summed E-state index contributed by atoms with van der Waals surface area (Å²) in [5.41, 5.74) is 3.40. The van der Waals surface area contributed by atoms with Crippen molar-refractivity contribution in [2.45, 2.75) is 52.9 Å². The molecule has 142 valence electrons. The Kier molecular flexibility index (Phi) is 10.8. The van der Waals surface area contributed by atoms with Gasteiger partial charge < -0.3 is 15.4 Å². The van der Waals surface area contributed by atoms with Crippen molar-refractivity contribution in [3.63, 3.8) is 0 Å². The van der Waals surface area contributed by atoms with Crippen molar-refractivity contribution in [1.29, 1.82) is 5.26 Å². The van der Waals surface area contributed by atoms with Gasteiger partial charge >= 0.3 is 0 Å². The fourth-order valence-electron chi connectivity index (χ4n) is 2.54. The molecular formula is C21H31N3O2. The smallest absolute Gasteiger partial charge is 0.263 e. The van der Waals surface area contributed by atoms with Crippen LogP contribution in [0.4, 0.5) is 5.69 Å². The van der Waals surface area contributed by atoms with Gasteiger partial charge in [-0.1, -0.05) is 45.4 Å². The minimum atomic E-state index is -0.361. The second kappa shape index (κ2) is 13.0. The first-order valence-corrected chi connectivity index (χ1v) is 9.51. The molecule has 0 saturated heterocycles. The zero-order chi connectivity index (χ0) is 19.2. The molecule has 1 amide bonds. The van der Waals surface area contributed by atoms with Gasteiger partial charge in [0.1, 0.15) is 11.6 Å². The highest BCUT2D eigenvalue weighted by Gasteiger charge is 2.10. The van der Waals surface area contributed by atoms with Crippen molar-refractivity contribution in [1.82, 2.24) is 5.32 Å². The van der Waals surface area contributed by atoms with E-state index in [9.17, 15) is 10.1 Å². The molecule has 5 heteroatoms. The molecule has 26 heavy (non-hydrogen) atoms. The molecule has 0 saturated carbocycles. The summed E-state index contributed by atoms with van der Waals surface area (Å²) in [4.78, 5) is 12.2. The minimum absolute atomic E-state index is 0.0739. The number of rotatable bonds is 12. The topological polar surface area (TPSA) is 74.1 Å². The molecule has 5 nitrogen and oxygen atoms in total. The number of hydrogen-bond donors (Lipinski definition) is 2. The second-order valence-corrected chi connectivity index (χ2v) is 6.05.